The van der Waals surface area contributed by atoms with E-state index in [1.54, 1.807) is 18.8 Å². The lowest BCUT2D eigenvalue weighted by molar-refractivity contribution is -0.133. The third kappa shape index (κ3) is 3.76. The minimum Gasteiger partial charge on any atom is -0.368 e. The Hall–Kier alpha value is -1.36. The first-order valence-corrected chi connectivity index (χ1v) is 9.47. The van der Waals surface area contributed by atoms with Crippen molar-refractivity contribution in [1.29, 1.82) is 0 Å². The lowest BCUT2D eigenvalue weighted by Gasteiger charge is -2.36. The second-order valence-corrected chi connectivity index (χ2v) is 7.79. The van der Waals surface area contributed by atoms with Gasteiger partial charge in [0.05, 0.1) is 0 Å². The van der Waals surface area contributed by atoms with Crippen molar-refractivity contribution in [3.8, 4) is 0 Å². The molecular weight excluding hydrogens is 346 g/mol. The molecule has 2 unspecified atom stereocenters. The van der Waals surface area contributed by atoms with Gasteiger partial charge >= 0.3 is 6.03 Å². The summed E-state index contributed by atoms with van der Waals surface area (Å²) in [5, 5.41) is 22.2. The van der Waals surface area contributed by atoms with Gasteiger partial charge in [-0.1, -0.05) is 11.8 Å². The van der Waals surface area contributed by atoms with E-state index in [0.29, 0.717) is 5.17 Å². The Morgan fingerprint density at radius 3 is 2.60 bits per heavy atom. The van der Waals surface area contributed by atoms with E-state index in [2.05, 4.69) is 15.2 Å². The Morgan fingerprint density at radius 2 is 1.96 bits per heavy atom. The Balaban J connectivity index is 1.46. The molecule has 0 bridgehead atoms. The molecule has 9 nitrogen and oxygen atoms in total. The van der Waals surface area contributed by atoms with Crippen molar-refractivity contribution in [1.82, 2.24) is 20.0 Å². The summed E-state index contributed by atoms with van der Waals surface area (Å²) in [5.74, 6) is 0.542. The lowest BCUT2D eigenvalue weighted by atomic mass is 9.96. The number of carbonyl (C=O) groups is 2. The van der Waals surface area contributed by atoms with Crippen molar-refractivity contribution < 1.29 is 19.8 Å². The molecule has 2 atom stereocenters. The van der Waals surface area contributed by atoms with Crippen LogP contribution in [0.1, 0.15) is 12.8 Å². The number of piperidine rings is 1. The van der Waals surface area contributed by atoms with E-state index in [0.717, 1.165) is 43.1 Å². The Kier molecular flexibility index (Phi) is 5.52. The monoisotopic (exact) mass is 371 g/mol. The van der Waals surface area contributed by atoms with Crippen LogP contribution in [-0.4, -0.2) is 100.0 Å². The number of aliphatic imine (C=N–C) groups is 1. The highest BCUT2D eigenvalue weighted by Crippen LogP contribution is 2.24. The number of nitrogens with one attached hydrogen (secondary N) is 1. The summed E-state index contributed by atoms with van der Waals surface area (Å²) in [7, 11) is 3.14. The molecule has 0 saturated carbocycles. The number of nitrogens with zero attached hydrogens (tertiary/aromatic N) is 4. The summed E-state index contributed by atoms with van der Waals surface area (Å²) in [4.78, 5) is 33.6. The molecule has 0 radical (unpaired) electrons. The number of amides is 3. The van der Waals surface area contributed by atoms with Crippen molar-refractivity contribution in [2.45, 2.75) is 31.3 Å². The number of imide groups is 1. The van der Waals surface area contributed by atoms with Gasteiger partial charge in [-0.15, -0.1) is 0 Å². The highest BCUT2D eigenvalue weighted by molar-refractivity contribution is 8.13. The van der Waals surface area contributed by atoms with Gasteiger partial charge in [-0.2, -0.15) is 0 Å². The zero-order valence-corrected chi connectivity index (χ0v) is 15.3. The van der Waals surface area contributed by atoms with E-state index in [4.69, 9.17) is 0 Å². The molecule has 0 aliphatic carbocycles. The van der Waals surface area contributed by atoms with Gasteiger partial charge in [0.2, 0.25) is 0 Å². The molecule has 3 heterocycles. The van der Waals surface area contributed by atoms with Crippen LogP contribution in [0.5, 0.6) is 0 Å². The van der Waals surface area contributed by atoms with Gasteiger partial charge in [0.25, 0.3) is 5.91 Å². The van der Waals surface area contributed by atoms with E-state index in [-0.39, 0.29) is 17.9 Å². The zero-order chi connectivity index (χ0) is 18.1. The first-order chi connectivity index (χ1) is 11.9. The number of likely N-dealkylation sites (tertiary alicyclic amines) is 1. The zero-order valence-electron chi connectivity index (χ0n) is 14.5. The molecule has 0 aromatic heterocycles. The average Bonchev–Trinajstić information content (AvgIpc) is 3.03. The normalized spacial score (nSPS) is 28.4. The molecule has 3 N–H and O–H groups in total. The number of hydrogen-bond donors (Lipinski definition) is 3. The summed E-state index contributed by atoms with van der Waals surface area (Å²) >= 11 is 1.55. The first kappa shape index (κ1) is 18.4. The van der Waals surface area contributed by atoms with Crippen LogP contribution in [-0.2, 0) is 4.79 Å². The standard InChI is InChI=1S/C15H25N5O4S/c1-18-11-10(12(21)19(2)15(18)24)16-14(17-11)25-8-7-20-5-3-9(4-6-20)13(22)23/h9-11,13,22-23H,3-8H2,1-2H3,(H,16,17). The topological polar surface area (TPSA) is 109 Å². The molecule has 2 saturated heterocycles. The van der Waals surface area contributed by atoms with Gasteiger partial charge in [-0.05, 0) is 25.9 Å². The summed E-state index contributed by atoms with van der Waals surface area (Å²) in [5.41, 5.74) is 0. The van der Waals surface area contributed by atoms with Gasteiger partial charge in [-0.25, -0.2) is 9.79 Å². The fourth-order valence-electron chi connectivity index (χ4n) is 3.42. The Bertz CT molecular complexity index is 564. The first-order valence-electron chi connectivity index (χ1n) is 8.48. The Labute approximate surface area is 151 Å². The summed E-state index contributed by atoms with van der Waals surface area (Å²) < 4.78 is 0. The predicted molar refractivity (Wildman–Crippen MR) is 93.9 cm³/mol. The molecule has 25 heavy (non-hydrogen) atoms. The van der Waals surface area contributed by atoms with Crippen LogP contribution in [0.2, 0.25) is 0 Å². The van der Waals surface area contributed by atoms with Crippen LogP contribution >= 0.6 is 11.8 Å². The minimum atomic E-state index is -1.22. The van der Waals surface area contributed by atoms with Crippen molar-refractivity contribution in [2.75, 3.05) is 39.5 Å². The number of aliphatic hydroxyl groups is 2. The van der Waals surface area contributed by atoms with Gasteiger partial charge in [-0.3, -0.25) is 9.69 Å². The largest absolute Gasteiger partial charge is 0.368 e. The van der Waals surface area contributed by atoms with E-state index < -0.39 is 18.5 Å². The number of carbonyl (C=O) groups excluding carboxylic acids is 2. The van der Waals surface area contributed by atoms with E-state index in [9.17, 15) is 19.8 Å². The predicted octanol–water partition coefficient (Wildman–Crippen LogP) is -1.08. The molecule has 0 aromatic carbocycles. The van der Waals surface area contributed by atoms with Crippen molar-refractivity contribution >= 4 is 28.9 Å². The molecule has 140 valence electrons. The Morgan fingerprint density at radius 1 is 1.28 bits per heavy atom. The molecule has 3 amide bonds. The van der Waals surface area contributed by atoms with Crippen molar-refractivity contribution in [2.24, 2.45) is 10.9 Å². The fraction of sp³-hybridized carbons (Fsp3) is 0.800. The fourth-order valence-corrected chi connectivity index (χ4v) is 4.35. The maximum absolute atomic E-state index is 12.2. The van der Waals surface area contributed by atoms with Crippen LogP contribution in [0.15, 0.2) is 4.99 Å². The maximum atomic E-state index is 12.2. The third-order valence-corrected chi connectivity index (χ3v) is 5.99. The van der Waals surface area contributed by atoms with Crippen LogP contribution in [0.3, 0.4) is 0 Å². The second kappa shape index (κ2) is 7.48. The molecule has 2 fully saturated rings. The highest BCUT2D eigenvalue weighted by atomic mass is 32.2. The summed E-state index contributed by atoms with van der Waals surface area (Å²) in [6, 6.07) is -0.839. The van der Waals surface area contributed by atoms with Gasteiger partial charge in [0.1, 0.15) is 6.04 Å². The van der Waals surface area contributed by atoms with E-state index in [1.165, 1.54) is 11.9 Å². The van der Waals surface area contributed by atoms with Gasteiger partial charge in [0.15, 0.2) is 17.6 Å². The number of fused-ring (bicyclic) bond motifs is 1. The lowest BCUT2D eigenvalue weighted by Crippen LogP contribution is -2.63. The van der Waals surface area contributed by atoms with Crippen LogP contribution in [0.25, 0.3) is 0 Å². The van der Waals surface area contributed by atoms with Gasteiger partial charge in [0, 0.05) is 32.3 Å². The highest BCUT2D eigenvalue weighted by Gasteiger charge is 2.46. The van der Waals surface area contributed by atoms with Gasteiger partial charge < -0.3 is 25.3 Å². The van der Waals surface area contributed by atoms with Crippen LogP contribution in [0, 0.1) is 5.92 Å². The number of amidine groups is 1. The smallest absolute Gasteiger partial charge is 0.328 e. The number of aliphatic hydroxyl groups excluding tert-OH is 1. The average molecular weight is 371 g/mol. The summed E-state index contributed by atoms with van der Waals surface area (Å²) in [6.07, 6.45) is -0.105. The second-order valence-electron chi connectivity index (χ2n) is 6.70. The van der Waals surface area contributed by atoms with E-state index >= 15 is 0 Å². The molecule has 10 heteroatoms. The maximum Gasteiger partial charge on any atom is 0.328 e. The minimum absolute atomic E-state index is 0.0241. The van der Waals surface area contributed by atoms with Crippen LogP contribution in [0.4, 0.5) is 4.79 Å². The number of likely N-dealkylation sites (N-methyl/N-ethyl adjacent to an activating group) is 2. The molecular formula is C15H25N5O4S. The van der Waals surface area contributed by atoms with E-state index in [1.807, 2.05) is 0 Å². The number of rotatable bonds is 4. The third-order valence-electron chi connectivity index (χ3n) is 5.11. The summed E-state index contributed by atoms with van der Waals surface area (Å²) in [6.45, 7) is 2.58. The molecule has 3 aliphatic heterocycles. The number of urea groups is 1. The SMILES string of the molecule is CN1C(=O)C2NC(SCCN3CCC(C(O)O)CC3)=NC2N(C)C1=O. The number of thioether (sulfide) groups is 1. The quantitative estimate of drug-likeness (QED) is 0.540. The van der Waals surface area contributed by atoms with Crippen LogP contribution < -0.4 is 5.32 Å². The van der Waals surface area contributed by atoms with Crippen molar-refractivity contribution in [3.63, 3.8) is 0 Å². The van der Waals surface area contributed by atoms with Crippen molar-refractivity contribution in [3.05, 3.63) is 0 Å². The number of hydrogen-bond acceptors (Lipinski definition) is 8. The molecule has 3 rings (SSSR count). The molecule has 3 aliphatic rings. The molecule has 0 aromatic rings. The molecule has 0 spiro atoms.